The Morgan fingerprint density at radius 2 is 1.93 bits per heavy atom. The summed E-state index contributed by atoms with van der Waals surface area (Å²) in [7, 11) is 0. The lowest BCUT2D eigenvalue weighted by atomic mass is 10.1. The smallest absolute Gasteiger partial charge is 0.338 e. The highest BCUT2D eigenvalue weighted by Gasteiger charge is 2.20. The maximum atomic E-state index is 13.4. The van der Waals surface area contributed by atoms with Gasteiger partial charge in [0.15, 0.2) is 0 Å². The number of H-pyrrole nitrogens is 1. The molecule has 0 aliphatic rings. The second kappa shape index (κ2) is 3.05. The van der Waals surface area contributed by atoms with Crippen LogP contribution in [0.2, 0.25) is 0 Å². The number of carbonyl (C=O) groups is 1. The number of benzene rings is 1. The topological polar surface area (TPSA) is 53.1 Å². The lowest BCUT2D eigenvalue weighted by molar-refractivity contribution is 0.0698. The molecule has 5 heteroatoms. The van der Waals surface area contributed by atoms with Gasteiger partial charge in [0.25, 0.3) is 0 Å². The minimum Gasteiger partial charge on any atom is -0.478 e. The number of carboxylic acids is 1. The van der Waals surface area contributed by atoms with Gasteiger partial charge in [-0.2, -0.15) is 0 Å². The van der Waals surface area contributed by atoms with Crippen LogP contribution in [0.25, 0.3) is 10.9 Å². The van der Waals surface area contributed by atoms with Gasteiger partial charge >= 0.3 is 5.97 Å². The van der Waals surface area contributed by atoms with E-state index in [9.17, 15) is 13.6 Å². The number of carboxylic acid groups (broad SMARTS) is 1. The molecule has 2 rings (SSSR count). The summed E-state index contributed by atoms with van der Waals surface area (Å²) in [5.41, 5.74) is -0.0894. The van der Waals surface area contributed by atoms with Crippen LogP contribution in [0.5, 0.6) is 0 Å². The molecule has 2 aromatic rings. The van der Waals surface area contributed by atoms with Crippen molar-refractivity contribution in [2.45, 2.75) is 6.92 Å². The fourth-order valence-corrected chi connectivity index (χ4v) is 1.62. The van der Waals surface area contributed by atoms with Gasteiger partial charge in [0, 0.05) is 5.69 Å². The molecule has 3 nitrogen and oxygen atoms in total. The molecule has 15 heavy (non-hydrogen) atoms. The molecule has 1 aromatic carbocycles. The van der Waals surface area contributed by atoms with E-state index in [1.165, 1.54) is 6.92 Å². The molecular formula is C10H7F2NO2. The molecule has 0 fully saturated rings. The Morgan fingerprint density at radius 1 is 1.33 bits per heavy atom. The molecule has 0 spiro atoms. The van der Waals surface area contributed by atoms with E-state index < -0.39 is 17.6 Å². The van der Waals surface area contributed by atoms with Crippen LogP contribution in [-0.4, -0.2) is 16.1 Å². The van der Waals surface area contributed by atoms with Crippen molar-refractivity contribution in [3.05, 3.63) is 35.0 Å². The third-order valence-corrected chi connectivity index (χ3v) is 2.26. The third-order valence-electron chi connectivity index (χ3n) is 2.26. The van der Waals surface area contributed by atoms with Crippen LogP contribution < -0.4 is 0 Å². The zero-order valence-electron chi connectivity index (χ0n) is 7.77. The number of aromatic nitrogens is 1. The number of aromatic amines is 1. The molecule has 0 radical (unpaired) electrons. The molecule has 0 saturated heterocycles. The third kappa shape index (κ3) is 1.27. The number of rotatable bonds is 1. The molecule has 0 saturated carbocycles. The van der Waals surface area contributed by atoms with Crippen molar-refractivity contribution >= 4 is 16.9 Å². The minimum absolute atomic E-state index is 0.107. The van der Waals surface area contributed by atoms with Crippen molar-refractivity contribution in [2.75, 3.05) is 0 Å². The second-order valence-corrected chi connectivity index (χ2v) is 3.21. The summed E-state index contributed by atoms with van der Waals surface area (Å²) in [6, 6.07) is 1.87. The van der Waals surface area contributed by atoms with Crippen LogP contribution in [0.15, 0.2) is 12.1 Å². The van der Waals surface area contributed by atoms with Crippen molar-refractivity contribution in [3.63, 3.8) is 0 Å². The van der Waals surface area contributed by atoms with Gasteiger partial charge in [-0.15, -0.1) is 0 Å². The lowest BCUT2D eigenvalue weighted by Crippen LogP contribution is -1.98. The van der Waals surface area contributed by atoms with Gasteiger partial charge in [-0.3, -0.25) is 0 Å². The van der Waals surface area contributed by atoms with Gasteiger partial charge in [0.2, 0.25) is 0 Å². The SMILES string of the molecule is Cc1[nH]c2c(F)ccc(F)c2c1C(=O)O. The molecule has 0 bridgehead atoms. The first-order valence-electron chi connectivity index (χ1n) is 4.22. The maximum Gasteiger partial charge on any atom is 0.338 e. The number of aryl methyl sites for hydroxylation is 1. The van der Waals surface area contributed by atoms with Crippen LogP contribution in [0.4, 0.5) is 8.78 Å². The predicted octanol–water partition coefficient (Wildman–Crippen LogP) is 2.45. The Labute approximate surface area is 83.3 Å². The zero-order chi connectivity index (χ0) is 11.2. The lowest BCUT2D eigenvalue weighted by Gasteiger charge is -1.96. The van der Waals surface area contributed by atoms with E-state index in [2.05, 4.69) is 4.98 Å². The van der Waals surface area contributed by atoms with E-state index in [-0.39, 0.29) is 22.2 Å². The molecule has 1 heterocycles. The Kier molecular flexibility index (Phi) is 1.96. The van der Waals surface area contributed by atoms with Crippen molar-refractivity contribution in [1.29, 1.82) is 0 Å². The number of aromatic carboxylic acids is 1. The van der Waals surface area contributed by atoms with E-state index in [4.69, 9.17) is 5.11 Å². The van der Waals surface area contributed by atoms with Crippen molar-refractivity contribution in [1.82, 2.24) is 4.98 Å². The summed E-state index contributed by atoms with van der Waals surface area (Å²) >= 11 is 0. The number of halogens is 2. The number of fused-ring (bicyclic) bond motifs is 1. The highest BCUT2D eigenvalue weighted by atomic mass is 19.1. The average Bonchev–Trinajstić information content (AvgIpc) is 2.50. The molecule has 0 aliphatic carbocycles. The summed E-state index contributed by atoms with van der Waals surface area (Å²) in [5.74, 6) is -2.68. The normalized spacial score (nSPS) is 10.9. The van der Waals surface area contributed by atoms with E-state index in [1.54, 1.807) is 0 Å². The van der Waals surface area contributed by atoms with Crippen LogP contribution in [-0.2, 0) is 0 Å². The van der Waals surface area contributed by atoms with E-state index in [1.807, 2.05) is 0 Å². The summed E-state index contributed by atoms with van der Waals surface area (Å²) in [6.07, 6.45) is 0. The van der Waals surface area contributed by atoms with E-state index in [0.717, 1.165) is 12.1 Å². The first kappa shape index (κ1) is 9.64. The molecule has 0 atom stereocenters. The highest BCUT2D eigenvalue weighted by molar-refractivity contribution is 6.05. The predicted molar refractivity (Wildman–Crippen MR) is 49.9 cm³/mol. The Bertz CT molecular complexity index is 560. The van der Waals surface area contributed by atoms with Crippen molar-refractivity contribution in [2.24, 2.45) is 0 Å². The number of nitrogens with one attached hydrogen (secondary N) is 1. The molecule has 0 amide bonds. The quantitative estimate of drug-likeness (QED) is 0.761. The molecule has 0 unspecified atom stereocenters. The van der Waals surface area contributed by atoms with E-state index in [0.29, 0.717) is 0 Å². The second-order valence-electron chi connectivity index (χ2n) is 3.21. The van der Waals surface area contributed by atoms with Crippen LogP contribution in [0, 0.1) is 18.6 Å². The molecule has 78 valence electrons. The standard InChI is InChI=1S/C10H7F2NO2/c1-4-7(10(14)15)8-5(11)2-3-6(12)9(8)13-4/h2-3,13H,1H3,(H,14,15). The Balaban J connectivity index is 2.98. The van der Waals surface area contributed by atoms with Gasteiger partial charge < -0.3 is 10.1 Å². The van der Waals surface area contributed by atoms with Crippen LogP contribution >= 0.6 is 0 Å². The minimum atomic E-state index is -1.27. The number of hydrogen-bond acceptors (Lipinski definition) is 1. The number of hydrogen-bond donors (Lipinski definition) is 2. The van der Waals surface area contributed by atoms with Gasteiger partial charge in [-0.1, -0.05) is 0 Å². The van der Waals surface area contributed by atoms with Gasteiger partial charge in [0.05, 0.1) is 16.5 Å². The van der Waals surface area contributed by atoms with E-state index >= 15 is 0 Å². The summed E-state index contributed by atoms with van der Waals surface area (Å²) in [5, 5.41) is 8.65. The van der Waals surface area contributed by atoms with Crippen LogP contribution in [0.3, 0.4) is 0 Å². The Hall–Kier alpha value is -1.91. The first-order chi connectivity index (χ1) is 7.02. The first-order valence-corrected chi connectivity index (χ1v) is 4.22. The van der Waals surface area contributed by atoms with Gasteiger partial charge in [0.1, 0.15) is 11.6 Å². The maximum absolute atomic E-state index is 13.4. The van der Waals surface area contributed by atoms with Crippen molar-refractivity contribution in [3.8, 4) is 0 Å². The molecule has 1 aromatic heterocycles. The van der Waals surface area contributed by atoms with Gasteiger partial charge in [-0.05, 0) is 19.1 Å². The summed E-state index contributed by atoms with van der Waals surface area (Å²) < 4.78 is 26.6. The molecule has 0 aliphatic heterocycles. The van der Waals surface area contributed by atoms with Crippen molar-refractivity contribution < 1.29 is 18.7 Å². The van der Waals surface area contributed by atoms with Crippen LogP contribution in [0.1, 0.15) is 16.1 Å². The highest BCUT2D eigenvalue weighted by Crippen LogP contribution is 2.26. The monoisotopic (exact) mass is 211 g/mol. The molecule has 2 N–H and O–H groups in total. The molecular weight excluding hydrogens is 204 g/mol. The largest absolute Gasteiger partial charge is 0.478 e. The fraction of sp³-hybridized carbons (Fsp3) is 0.100. The average molecular weight is 211 g/mol. The fourth-order valence-electron chi connectivity index (χ4n) is 1.62. The Morgan fingerprint density at radius 3 is 2.53 bits per heavy atom. The van der Waals surface area contributed by atoms with Gasteiger partial charge in [-0.25, -0.2) is 13.6 Å². The summed E-state index contributed by atoms with van der Waals surface area (Å²) in [6.45, 7) is 1.46. The zero-order valence-corrected chi connectivity index (χ0v) is 7.77. The summed E-state index contributed by atoms with van der Waals surface area (Å²) in [4.78, 5) is 13.4.